The Bertz CT molecular complexity index is 1020. The Labute approximate surface area is 172 Å². The van der Waals surface area contributed by atoms with Crippen molar-refractivity contribution in [3.05, 3.63) is 64.3 Å². The largest absolute Gasteiger partial charge is 0.492 e. The third kappa shape index (κ3) is 4.77. The summed E-state index contributed by atoms with van der Waals surface area (Å²) in [5.41, 5.74) is 6.32. The van der Waals surface area contributed by atoms with Gasteiger partial charge < -0.3 is 9.30 Å². The van der Waals surface area contributed by atoms with Crippen LogP contribution in [-0.4, -0.2) is 23.0 Å². The molecule has 0 fully saturated rings. The van der Waals surface area contributed by atoms with E-state index in [0.717, 1.165) is 10.9 Å². The van der Waals surface area contributed by atoms with E-state index in [0.29, 0.717) is 34.4 Å². The minimum absolute atomic E-state index is 0.195. The number of para-hydroxylation sites is 1. The number of hydrogen-bond acceptors (Lipinski definition) is 3. The maximum Gasteiger partial charge on any atom is 0.271 e. The Hall–Kier alpha value is -2.70. The predicted octanol–water partition coefficient (Wildman–Crippen LogP) is 4.11. The van der Waals surface area contributed by atoms with Gasteiger partial charge >= 0.3 is 0 Å². The Morgan fingerprint density at radius 1 is 1.11 bits per heavy atom. The number of carbonyl (C=O) groups is 2. The van der Waals surface area contributed by atoms with E-state index in [1.807, 2.05) is 35.9 Å². The highest BCUT2D eigenvalue weighted by atomic mass is 35.5. The number of rotatable bonds is 6. The number of ether oxygens (including phenoxy) is 1. The molecule has 0 unspecified atom stereocenters. The van der Waals surface area contributed by atoms with Gasteiger partial charge in [-0.3, -0.25) is 20.4 Å². The van der Waals surface area contributed by atoms with E-state index in [4.69, 9.17) is 27.9 Å². The summed E-state index contributed by atoms with van der Waals surface area (Å²) in [5, 5.41) is 1.77. The zero-order chi connectivity index (χ0) is 20.1. The monoisotopic (exact) mass is 419 g/mol. The van der Waals surface area contributed by atoms with E-state index < -0.39 is 0 Å². The van der Waals surface area contributed by atoms with Gasteiger partial charge in [-0.25, -0.2) is 0 Å². The van der Waals surface area contributed by atoms with E-state index in [2.05, 4.69) is 10.9 Å². The zero-order valence-corrected chi connectivity index (χ0v) is 16.7. The van der Waals surface area contributed by atoms with E-state index in [1.54, 1.807) is 24.4 Å². The second-order valence-electron chi connectivity index (χ2n) is 6.20. The van der Waals surface area contributed by atoms with Crippen LogP contribution in [-0.2, 0) is 11.8 Å². The van der Waals surface area contributed by atoms with E-state index in [1.165, 1.54) is 0 Å². The number of aromatic nitrogens is 1. The Kier molecular flexibility index (Phi) is 6.44. The molecule has 28 heavy (non-hydrogen) atoms. The maximum atomic E-state index is 12.4. The Balaban J connectivity index is 1.44. The number of fused-ring (bicyclic) bond motifs is 1. The number of amides is 2. The van der Waals surface area contributed by atoms with Gasteiger partial charge in [0, 0.05) is 35.6 Å². The summed E-state index contributed by atoms with van der Waals surface area (Å²) in [5.74, 6) is -0.163. The lowest BCUT2D eigenvalue weighted by Gasteiger charge is -2.09. The first-order valence-corrected chi connectivity index (χ1v) is 9.42. The second-order valence-corrected chi connectivity index (χ2v) is 7.04. The smallest absolute Gasteiger partial charge is 0.271 e. The molecule has 2 aromatic carbocycles. The summed E-state index contributed by atoms with van der Waals surface area (Å²) in [6.07, 6.45) is 2.39. The highest BCUT2D eigenvalue weighted by Gasteiger charge is 2.14. The predicted molar refractivity (Wildman–Crippen MR) is 110 cm³/mol. The fourth-order valence-corrected chi connectivity index (χ4v) is 3.25. The molecule has 3 rings (SSSR count). The number of aryl methyl sites for hydroxylation is 1. The molecular weight excluding hydrogens is 401 g/mol. The lowest BCUT2D eigenvalue weighted by Crippen LogP contribution is -2.41. The van der Waals surface area contributed by atoms with Gasteiger partial charge in [0.15, 0.2) is 0 Å². The third-order valence-electron chi connectivity index (χ3n) is 4.16. The molecule has 2 amide bonds. The summed E-state index contributed by atoms with van der Waals surface area (Å²) < 4.78 is 7.39. The maximum absolute atomic E-state index is 12.4. The molecule has 0 saturated carbocycles. The fraction of sp³-hybridized carbons (Fsp3) is 0.200. The van der Waals surface area contributed by atoms with E-state index >= 15 is 0 Å². The van der Waals surface area contributed by atoms with Gasteiger partial charge in [0.1, 0.15) is 5.75 Å². The molecule has 146 valence electrons. The fourth-order valence-electron chi connectivity index (χ4n) is 2.79. The SMILES string of the molecule is Cn1cc(C(=O)NNC(=O)CCCOc2ccc(Cl)cc2Cl)c2ccccc21. The number of hydrogen-bond donors (Lipinski definition) is 2. The molecule has 0 atom stereocenters. The summed E-state index contributed by atoms with van der Waals surface area (Å²) in [6.45, 7) is 0.312. The van der Waals surface area contributed by atoms with Gasteiger partial charge in [0.25, 0.3) is 5.91 Å². The number of carbonyl (C=O) groups excluding carboxylic acids is 2. The summed E-state index contributed by atoms with van der Waals surface area (Å²) >= 11 is 11.8. The van der Waals surface area contributed by atoms with Crippen molar-refractivity contribution in [3.63, 3.8) is 0 Å². The molecule has 1 heterocycles. The number of hydrazine groups is 1. The molecule has 0 aliphatic carbocycles. The van der Waals surface area contributed by atoms with E-state index in [-0.39, 0.29) is 18.2 Å². The van der Waals surface area contributed by atoms with Crippen molar-refractivity contribution in [1.29, 1.82) is 0 Å². The van der Waals surface area contributed by atoms with Crippen molar-refractivity contribution in [2.24, 2.45) is 7.05 Å². The molecule has 3 aromatic rings. The quantitative estimate of drug-likeness (QED) is 0.466. The summed E-state index contributed by atoms with van der Waals surface area (Å²) in [4.78, 5) is 24.3. The van der Waals surface area contributed by atoms with Crippen LogP contribution in [0.2, 0.25) is 10.0 Å². The highest BCUT2D eigenvalue weighted by molar-refractivity contribution is 6.35. The molecule has 0 spiro atoms. The van der Waals surface area contributed by atoms with Crippen molar-refractivity contribution >= 4 is 45.9 Å². The van der Waals surface area contributed by atoms with Crippen LogP contribution in [0, 0.1) is 0 Å². The molecule has 0 saturated heterocycles. The highest BCUT2D eigenvalue weighted by Crippen LogP contribution is 2.27. The van der Waals surface area contributed by atoms with E-state index in [9.17, 15) is 9.59 Å². The standard InChI is InChI=1S/C20H19Cl2N3O3/c1-25-12-15(14-5-2-3-6-17(14)25)20(27)24-23-19(26)7-4-10-28-18-9-8-13(21)11-16(18)22/h2-3,5-6,8-9,11-12H,4,7,10H2,1H3,(H,23,26)(H,24,27). The molecule has 8 heteroatoms. The summed E-state index contributed by atoms with van der Waals surface area (Å²) in [7, 11) is 1.87. The van der Waals surface area contributed by atoms with Gasteiger partial charge in [-0.2, -0.15) is 0 Å². The first-order valence-electron chi connectivity index (χ1n) is 8.67. The first-order chi connectivity index (χ1) is 13.5. The van der Waals surface area contributed by atoms with Crippen molar-refractivity contribution in [2.45, 2.75) is 12.8 Å². The van der Waals surface area contributed by atoms with Crippen LogP contribution >= 0.6 is 23.2 Å². The second kappa shape index (κ2) is 8.99. The van der Waals surface area contributed by atoms with Gasteiger partial charge in [0.05, 0.1) is 17.2 Å². The molecule has 0 aliphatic rings. The van der Waals surface area contributed by atoms with Gasteiger partial charge in [-0.15, -0.1) is 0 Å². The molecule has 0 radical (unpaired) electrons. The number of nitrogens with zero attached hydrogens (tertiary/aromatic N) is 1. The molecule has 6 nitrogen and oxygen atoms in total. The van der Waals surface area contributed by atoms with Crippen LogP contribution in [0.15, 0.2) is 48.7 Å². The lowest BCUT2D eigenvalue weighted by atomic mass is 10.2. The van der Waals surface area contributed by atoms with Crippen molar-refractivity contribution < 1.29 is 14.3 Å². The van der Waals surface area contributed by atoms with Crippen LogP contribution in [0.3, 0.4) is 0 Å². The molecule has 1 aromatic heterocycles. The van der Waals surface area contributed by atoms with Crippen molar-refractivity contribution in [1.82, 2.24) is 15.4 Å². The zero-order valence-electron chi connectivity index (χ0n) is 15.2. The minimum atomic E-state index is -0.366. The first kappa shape index (κ1) is 20.0. The molecule has 0 aliphatic heterocycles. The molecular formula is C20H19Cl2N3O3. The van der Waals surface area contributed by atoms with Crippen LogP contribution in [0.1, 0.15) is 23.2 Å². The average molecular weight is 420 g/mol. The Morgan fingerprint density at radius 2 is 1.89 bits per heavy atom. The van der Waals surface area contributed by atoms with Crippen molar-refractivity contribution in [2.75, 3.05) is 6.61 Å². The normalized spacial score (nSPS) is 10.7. The lowest BCUT2D eigenvalue weighted by molar-refractivity contribution is -0.122. The van der Waals surface area contributed by atoms with Gasteiger partial charge in [-0.1, -0.05) is 41.4 Å². The van der Waals surface area contributed by atoms with Crippen LogP contribution in [0.5, 0.6) is 5.75 Å². The van der Waals surface area contributed by atoms with Gasteiger partial charge in [-0.05, 0) is 30.7 Å². The minimum Gasteiger partial charge on any atom is -0.492 e. The topological polar surface area (TPSA) is 72.4 Å². The molecule has 0 bridgehead atoms. The third-order valence-corrected chi connectivity index (χ3v) is 4.69. The number of benzene rings is 2. The van der Waals surface area contributed by atoms with Gasteiger partial charge in [0.2, 0.25) is 5.91 Å². The summed E-state index contributed by atoms with van der Waals surface area (Å²) in [6, 6.07) is 12.5. The van der Waals surface area contributed by atoms with Crippen LogP contribution in [0.4, 0.5) is 0 Å². The van der Waals surface area contributed by atoms with Crippen LogP contribution in [0.25, 0.3) is 10.9 Å². The average Bonchev–Trinajstić information content (AvgIpc) is 3.02. The van der Waals surface area contributed by atoms with Crippen molar-refractivity contribution in [3.8, 4) is 5.75 Å². The Morgan fingerprint density at radius 3 is 2.68 bits per heavy atom. The number of halogens is 2. The van der Waals surface area contributed by atoms with Crippen LogP contribution < -0.4 is 15.6 Å². The molecule has 2 N–H and O–H groups in total. The number of nitrogens with one attached hydrogen (secondary N) is 2.